The first-order chi connectivity index (χ1) is 15.6. The van der Waals surface area contributed by atoms with Crippen LogP contribution < -0.4 is 11.1 Å². The zero-order valence-corrected chi connectivity index (χ0v) is 16.9. The van der Waals surface area contributed by atoms with Crippen LogP contribution in [0.3, 0.4) is 0 Å². The van der Waals surface area contributed by atoms with E-state index in [-0.39, 0.29) is 23.7 Å². The highest BCUT2D eigenvalue weighted by atomic mass is 16.1. The molecule has 0 radical (unpaired) electrons. The summed E-state index contributed by atoms with van der Waals surface area (Å²) in [5.41, 5.74) is -0.0881. The SMILES string of the molecule is CC[C@H](Cn1nccn1)n1nnc2cc3c(=O)n(CCn4ncnn4)nnc3cc2c1=O. The topological polar surface area (TPSA) is 170 Å². The van der Waals surface area contributed by atoms with E-state index in [1.165, 1.54) is 37.4 Å². The predicted octanol–water partition coefficient (Wildman–Crippen LogP) is -1.17. The summed E-state index contributed by atoms with van der Waals surface area (Å²) in [4.78, 5) is 28.8. The van der Waals surface area contributed by atoms with Crippen LogP contribution >= 0.6 is 0 Å². The maximum Gasteiger partial charge on any atom is 0.278 e. The van der Waals surface area contributed by atoms with Gasteiger partial charge in [0.2, 0.25) is 0 Å². The van der Waals surface area contributed by atoms with E-state index in [0.717, 1.165) is 0 Å². The highest BCUT2D eigenvalue weighted by Gasteiger charge is 2.18. The molecule has 0 aliphatic heterocycles. The minimum Gasteiger partial charge on any atom is -0.267 e. The van der Waals surface area contributed by atoms with Crippen molar-refractivity contribution in [3.8, 4) is 0 Å². The Morgan fingerprint density at radius 3 is 2.25 bits per heavy atom. The molecule has 0 amide bonds. The maximum absolute atomic E-state index is 13.1. The van der Waals surface area contributed by atoms with Crippen molar-refractivity contribution in [1.82, 2.24) is 65.2 Å². The van der Waals surface area contributed by atoms with Gasteiger partial charge in [0.15, 0.2) is 6.33 Å². The number of aryl methyl sites for hydroxylation is 2. The number of hydrogen-bond acceptors (Lipinski definition) is 11. The molecule has 15 nitrogen and oxygen atoms in total. The van der Waals surface area contributed by atoms with Crippen LogP contribution in [0.15, 0.2) is 40.4 Å². The zero-order chi connectivity index (χ0) is 22.1. The van der Waals surface area contributed by atoms with Crippen LogP contribution in [-0.2, 0) is 19.6 Å². The molecule has 5 rings (SSSR count). The fourth-order valence-corrected chi connectivity index (χ4v) is 3.39. The first kappa shape index (κ1) is 19.5. The Hall–Kier alpha value is -4.43. The molecule has 0 fully saturated rings. The molecule has 4 aromatic heterocycles. The standard InChI is InChI=1S/C17H17N13O2/c1-2-11(9-29-19-3-4-20-29)30-17(32)13-8-14-12(7-15(13)23-26-30)16(31)27(25-22-14)5-6-28-21-10-18-24-28/h3-4,7-8,10-11H,2,5-6,9H2,1H3/t11-/m1/s1. The molecule has 32 heavy (non-hydrogen) atoms. The minimum atomic E-state index is -0.362. The van der Waals surface area contributed by atoms with Crippen molar-refractivity contribution in [3.63, 3.8) is 0 Å². The van der Waals surface area contributed by atoms with Gasteiger partial charge in [0.1, 0.15) is 11.0 Å². The lowest BCUT2D eigenvalue weighted by molar-refractivity contribution is 0.327. The van der Waals surface area contributed by atoms with Gasteiger partial charge in [-0.3, -0.25) is 9.59 Å². The molecule has 0 saturated heterocycles. The molecule has 1 aromatic carbocycles. The average molecular weight is 435 g/mol. The van der Waals surface area contributed by atoms with E-state index in [1.54, 1.807) is 12.4 Å². The molecule has 0 unspecified atom stereocenters. The fourth-order valence-electron chi connectivity index (χ4n) is 3.39. The van der Waals surface area contributed by atoms with E-state index in [1.807, 2.05) is 6.92 Å². The summed E-state index contributed by atoms with van der Waals surface area (Å²) in [7, 11) is 0. The van der Waals surface area contributed by atoms with Gasteiger partial charge in [0.25, 0.3) is 11.1 Å². The molecule has 1 atom stereocenters. The molecule has 0 aliphatic rings. The van der Waals surface area contributed by atoms with E-state index in [0.29, 0.717) is 41.3 Å². The predicted molar refractivity (Wildman–Crippen MR) is 108 cm³/mol. The summed E-state index contributed by atoms with van der Waals surface area (Å²) < 4.78 is 2.52. The third-order valence-electron chi connectivity index (χ3n) is 5.09. The van der Waals surface area contributed by atoms with E-state index in [2.05, 4.69) is 46.2 Å². The molecule has 15 heteroatoms. The van der Waals surface area contributed by atoms with Gasteiger partial charge < -0.3 is 0 Å². The third kappa shape index (κ3) is 3.48. The Bertz CT molecular complexity index is 1490. The quantitative estimate of drug-likeness (QED) is 0.282. The zero-order valence-electron chi connectivity index (χ0n) is 16.9. The largest absolute Gasteiger partial charge is 0.278 e. The first-order valence-electron chi connectivity index (χ1n) is 9.85. The van der Waals surface area contributed by atoms with Crippen LogP contribution in [0.4, 0.5) is 0 Å². The summed E-state index contributed by atoms with van der Waals surface area (Å²) in [6.07, 6.45) is 5.07. The number of benzene rings is 1. The van der Waals surface area contributed by atoms with Gasteiger partial charge in [0, 0.05) is 0 Å². The second-order valence-electron chi connectivity index (χ2n) is 7.02. The van der Waals surface area contributed by atoms with Crippen LogP contribution in [0.25, 0.3) is 21.8 Å². The van der Waals surface area contributed by atoms with Gasteiger partial charge in [0.05, 0.1) is 48.8 Å². The van der Waals surface area contributed by atoms with Crippen molar-refractivity contribution < 1.29 is 0 Å². The lowest BCUT2D eigenvalue weighted by Gasteiger charge is -2.15. The summed E-state index contributed by atoms with van der Waals surface area (Å²) in [5.74, 6) is 0. The van der Waals surface area contributed by atoms with E-state index >= 15 is 0 Å². The van der Waals surface area contributed by atoms with E-state index < -0.39 is 0 Å². The molecule has 4 heterocycles. The van der Waals surface area contributed by atoms with Crippen LogP contribution in [0.5, 0.6) is 0 Å². The molecule has 0 N–H and O–H groups in total. The van der Waals surface area contributed by atoms with Crippen LogP contribution in [0, 0.1) is 0 Å². The molecule has 0 bridgehead atoms. The van der Waals surface area contributed by atoms with Crippen molar-refractivity contribution in [2.24, 2.45) is 0 Å². The van der Waals surface area contributed by atoms with Gasteiger partial charge in [-0.1, -0.05) is 17.4 Å². The highest BCUT2D eigenvalue weighted by molar-refractivity contribution is 5.93. The van der Waals surface area contributed by atoms with Crippen LogP contribution in [0.2, 0.25) is 0 Å². The third-order valence-corrected chi connectivity index (χ3v) is 5.09. The lowest BCUT2D eigenvalue weighted by atomic mass is 10.1. The van der Waals surface area contributed by atoms with Crippen LogP contribution in [-0.4, -0.2) is 65.2 Å². The number of aromatic nitrogens is 13. The smallest absolute Gasteiger partial charge is 0.267 e. The summed E-state index contributed by atoms with van der Waals surface area (Å²) >= 11 is 0. The summed E-state index contributed by atoms with van der Waals surface area (Å²) in [6, 6.07) is 2.75. The van der Waals surface area contributed by atoms with Gasteiger partial charge in [-0.2, -0.15) is 19.8 Å². The molecule has 162 valence electrons. The molecule has 0 spiro atoms. The van der Waals surface area contributed by atoms with Crippen molar-refractivity contribution >= 4 is 21.8 Å². The Kier molecular flexibility index (Phi) is 4.89. The molecule has 0 aliphatic carbocycles. The molecular formula is C17H17N13O2. The Balaban J connectivity index is 1.53. The molecule has 0 saturated carbocycles. The normalized spacial score (nSPS) is 12.5. The second kappa shape index (κ2) is 8.01. The van der Waals surface area contributed by atoms with Gasteiger partial charge in [-0.05, 0) is 23.8 Å². The minimum absolute atomic E-state index is 0.211. The number of nitrogens with zero attached hydrogens (tertiary/aromatic N) is 13. The Morgan fingerprint density at radius 1 is 0.844 bits per heavy atom. The molecular weight excluding hydrogens is 418 g/mol. The second-order valence-corrected chi connectivity index (χ2v) is 7.02. The average Bonchev–Trinajstić information content (AvgIpc) is 3.51. The Labute approximate surface area is 178 Å². The summed E-state index contributed by atoms with van der Waals surface area (Å²) in [5, 5.41) is 36.4. The van der Waals surface area contributed by atoms with E-state index in [9.17, 15) is 9.59 Å². The first-order valence-corrected chi connectivity index (χ1v) is 9.85. The number of rotatable bonds is 7. The fraction of sp³-hybridized carbons (Fsp3) is 0.353. The van der Waals surface area contributed by atoms with Crippen LogP contribution in [0.1, 0.15) is 19.4 Å². The van der Waals surface area contributed by atoms with Gasteiger partial charge >= 0.3 is 0 Å². The maximum atomic E-state index is 13.1. The Morgan fingerprint density at radius 2 is 1.56 bits per heavy atom. The van der Waals surface area contributed by atoms with Gasteiger partial charge in [-0.15, -0.1) is 20.4 Å². The number of hydrogen-bond donors (Lipinski definition) is 0. The van der Waals surface area contributed by atoms with E-state index in [4.69, 9.17) is 0 Å². The van der Waals surface area contributed by atoms with Crippen molar-refractivity contribution in [2.75, 3.05) is 0 Å². The number of fused-ring (bicyclic) bond motifs is 2. The van der Waals surface area contributed by atoms with Crippen molar-refractivity contribution in [2.45, 2.75) is 39.0 Å². The summed E-state index contributed by atoms with van der Waals surface area (Å²) in [6.45, 7) is 2.84. The number of tetrazole rings is 1. The van der Waals surface area contributed by atoms with Crippen molar-refractivity contribution in [1.29, 1.82) is 0 Å². The lowest BCUT2D eigenvalue weighted by Crippen LogP contribution is -2.31. The van der Waals surface area contributed by atoms with Crippen molar-refractivity contribution in [3.05, 3.63) is 51.6 Å². The monoisotopic (exact) mass is 435 g/mol. The molecule has 5 aromatic rings. The highest BCUT2D eigenvalue weighted by Crippen LogP contribution is 2.16. The van der Waals surface area contributed by atoms with Gasteiger partial charge in [-0.25, -0.2) is 9.36 Å².